The van der Waals surface area contributed by atoms with E-state index in [0.717, 1.165) is 54.4 Å². The number of nitrogens with one attached hydrogen (secondary N) is 1. The lowest BCUT2D eigenvalue weighted by Gasteiger charge is -2.38. The highest BCUT2D eigenvalue weighted by molar-refractivity contribution is 6.06. The Morgan fingerprint density at radius 1 is 0.781 bits per heavy atom. The van der Waals surface area contributed by atoms with E-state index in [4.69, 9.17) is 18.9 Å². The molecule has 64 heavy (non-hydrogen) atoms. The number of hydrogen-bond donors (Lipinski definition) is 3. The van der Waals surface area contributed by atoms with Crippen LogP contribution in [0.3, 0.4) is 0 Å². The maximum Gasteiger partial charge on any atom is 0.416 e. The Morgan fingerprint density at radius 3 is 2.02 bits per heavy atom. The molecule has 3 atom stereocenters. The van der Waals surface area contributed by atoms with Crippen molar-refractivity contribution in [2.75, 3.05) is 43.1 Å². The molecular formula is C50H58N4O10. The number of rotatable bonds is 13. The van der Waals surface area contributed by atoms with Gasteiger partial charge in [-0.25, -0.2) is 14.5 Å². The zero-order valence-electron chi connectivity index (χ0n) is 36.6. The smallest absolute Gasteiger partial charge is 0.416 e. The third-order valence-corrected chi connectivity index (χ3v) is 11.4. The van der Waals surface area contributed by atoms with Crippen LogP contribution in [-0.4, -0.2) is 95.2 Å². The third-order valence-electron chi connectivity index (χ3n) is 11.4. The van der Waals surface area contributed by atoms with Gasteiger partial charge in [0.1, 0.15) is 37.9 Å². The van der Waals surface area contributed by atoms with Crippen LogP contribution in [0.2, 0.25) is 0 Å². The Labute approximate surface area is 374 Å². The van der Waals surface area contributed by atoms with Crippen molar-refractivity contribution in [2.45, 2.75) is 83.9 Å². The van der Waals surface area contributed by atoms with E-state index < -0.39 is 24.5 Å². The lowest BCUT2D eigenvalue weighted by Crippen LogP contribution is -2.55. The predicted molar refractivity (Wildman–Crippen MR) is 244 cm³/mol. The van der Waals surface area contributed by atoms with Gasteiger partial charge in [0.2, 0.25) is 0 Å². The number of aryl methyl sites for hydroxylation is 2. The molecule has 0 bridgehead atoms. The number of carbonyl (C=O) groups excluding carboxylic acids is 4. The fourth-order valence-corrected chi connectivity index (χ4v) is 8.09. The molecule has 7 rings (SSSR count). The van der Waals surface area contributed by atoms with Crippen molar-refractivity contribution >= 4 is 35.4 Å². The number of piperidine rings is 2. The molecule has 3 N–H and O–H groups in total. The molecule has 338 valence electrons. The number of hydrogen-bond acceptors (Lipinski definition) is 10. The number of amides is 4. The van der Waals surface area contributed by atoms with Gasteiger partial charge in [-0.2, -0.15) is 0 Å². The van der Waals surface area contributed by atoms with Crippen LogP contribution >= 0.6 is 0 Å². The van der Waals surface area contributed by atoms with Crippen molar-refractivity contribution in [3.05, 3.63) is 144 Å². The van der Waals surface area contributed by atoms with Crippen molar-refractivity contribution < 1.29 is 48.3 Å². The highest BCUT2D eigenvalue weighted by Gasteiger charge is 2.44. The SMILES string of the molecule is C=CCOC(=O)N1c2cc(OCc3ccccc3)c(C)cc2C(=O)N2CCCC[C@H]2C1O.C=CCOC(=O)Nc1cc(OCc2ccccc2)c(C)cc1C(=O)N1CCCC[C@H]1CO. The lowest BCUT2D eigenvalue weighted by atomic mass is 10.00. The number of aliphatic hydroxyl groups excluding tert-OH is 2. The molecule has 0 spiro atoms. The average Bonchev–Trinajstić information content (AvgIpc) is 3.41. The van der Waals surface area contributed by atoms with Crippen LogP contribution in [0.1, 0.15) is 81.5 Å². The molecule has 14 nitrogen and oxygen atoms in total. The average molecular weight is 875 g/mol. The van der Waals surface area contributed by atoms with Crippen LogP contribution in [0.5, 0.6) is 11.5 Å². The zero-order chi connectivity index (χ0) is 45.6. The quantitative estimate of drug-likeness (QED) is 0.111. The molecule has 3 aliphatic rings. The van der Waals surface area contributed by atoms with Gasteiger partial charge in [0.05, 0.1) is 41.2 Å². The maximum atomic E-state index is 13.4. The van der Waals surface area contributed by atoms with Gasteiger partial charge in [0, 0.05) is 25.2 Å². The van der Waals surface area contributed by atoms with Crippen molar-refractivity contribution in [1.82, 2.24) is 9.80 Å². The molecule has 1 unspecified atom stereocenters. The van der Waals surface area contributed by atoms with E-state index >= 15 is 0 Å². The summed E-state index contributed by atoms with van der Waals surface area (Å²) in [6.45, 7) is 12.6. The second-order valence-electron chi connectivity index (χ2n) is 15.9. The minimum atomic E-state index is -1.22. The zero-order valence-corrected chi connectivity index (χ0v) is 36.6. The lowest BCUT2D eigenvalue weighted by molar-refractivity contribution is 0.0234. The molecule has 2 saturated heterocycles. The second-order valence-corrected chi connectivity index (χ2v) is 15.9. The summed E-state index contributed by atoms with van der Waals surface area (Å²) >= 11 is 0. The van der Waals surface area contributed by atoms with Gasteiger partial charge < -0.3 is 39.0 Å². The summed E-state index contributed by atoms with van der Waals surface area (Å²) in [4.78, 5) is 56.6. The van der Waals surface area contributed by atoms with Gasteiger partial charge in [-0.15, -0.1) is 0 Å². The molecule has 4 amide bonds. The minimum absolute atomic E-state index is 0.00292. The van der Waals surface area contributed by atoms with E-state index in [1.807, 2.05) is 74.5 Å². The van der Waals surface area contributed by atoms with Crippen molar-refractivity contribution in [1.29, 1.82) is 0 Å². The molecule has 3 heterocycles. The van der Waals surface area contributed by atoms with Crippen molar-refractivity contribution in [2.24, 2.45) is 0 Å². The maximum absolute atomic E-state index is 13.4. The first-order chi connectivity index (χ1) is 31.0. The Kier molecular flexibility index (Phi) is 16.6. The van der Waals surface area contributed by atoms with Crippen LogP contribution < -0.4 is 19.7 Å². The summed E-state index contributed by atoms with van der Waals surface area (Å²) in [5, 5.41) is 23.6. The van der Waals surface area contributed by atoms with Crippen molar-refractivity contribution in [3.63, 3.8) is 0 Å². The Hall–Kier alpha value is -6.64. The van der Waals surface area contributed by atoms with Crippen LogP contribution in [0.4, 0.5) is 21.0 Å². The minimum Gasteiger partial charge on any atom is -0.489 e. The Bertz CT molecular complexity index is 2270. The summed E-state index contributed by atoms with van der Waals surface area (Å²) in [6, 6.07) is 25.5. The number of fused-ring (bicyclic) bond motifs is 2. The Morgan fingerprint density at radius 2 is 1.38 bits per heavy atom. The molecule has 0 saturated carbocycles. The van der Waals surface area contributed by atoms with E-state index in [2.05, 4.69) is 18.5 Å². The Balaban J connectivity index is 0.000000213. The largest absolute Gasteiger partial charge is 0.489 e. The van der Waals surface area contributed by atoms with Gasteiger partial charge in [0.25, 0.3) is 11.8 Å². The third kappa shape index (κ3) is 11.5. The molecule has 0 radical (unpaired) electrons. The summed E-state index contributed by atoms with van der Waals surface area (Å²) in [5.74, 6) is 0.664. The molecule has 4 aromatic carbocycles. The standard InChI is InChI=1S/C25H28N2O5.C25H30N2O5/c1-3-13-31-25(30)27-21-15-22(32-16-18-9-5-4-6-10-18)17(2)14-19(21)23(28)26-12-8-7-11-20(26)24(27)29;1-3-13-31-25(30)26-22-15-23(32-17-19-9-5-4-6-10-19)18(2)14-21(22)24(29)27-12-8-7-11-20(27)16-28/h3-6,9-10,14-15,20,24,29H,1,7-8,11-13,16H2,2H3;3-6,9-10,14-15,20,28H,1,7-8,11-13,16-17H2,2H3,(H,26,30)/t20-,24?;20-/m00/s1. The molecule has 2 fully saturated rings. The predicted octanol–water partition coefficient (Wildman–Crippen LogP) is 8.33. The molecule has 0 aromatic heterocycles. The first kappa shape index (κ1) is 46.9. The highest BCUT2D eigenvalue weighted by Crippen LogP contribution is 2.38. The summed E-state index contributed by atoms with van der Waals surface area (Å²) < 4.78 is 22.3. The van der Waals surface area contributed by atoms with Crippen LogP contribution in [0, 0.1) is 13.8 Å². The van der Waals surface area contributed by atoms with E-state index in [-0.39, 0.29) is 37.7 Å². The van der Waals surface area contributed by atoms with Gasteiger partial charge in [-0.05, 0) is 86.8 Å². The van der Waals surface area contributed by atoms with Gasteiger partial charge in [0.15, 0.2) is 6.23 Å². The van der Waals surface area contributed by atoms with Gasteiger partial charge in [-0.3, -0.25) is 14.9 Å². The van der Waals surface area contributed by atoms with Gasteiger partial charge >= 0.3 is 12.2 Å². The molecule has 0 aliphatic carbocycles. The number of likely N-dealkylation sites (tertiary alicyclic amines) is 1. The topological polar surface area (TPSA) is 167 Å². The first-order valence-electron chi connectivity index (χ1n) is 21.7. The molecule has 4 aromatic rings. The number of carbonyl (C=O) groups is 4. The monoisotopic (exact) mass is 874 g/mol. The highest BCUT2D eigenvalue weighted by atomic mass is 16.6. The first-order valence-corrected chi connectivity index (χ1v) is 21.7. The van der Waals surface area contributed by atoms with E-state index in [1.54, 1.807) is 34.1 Å². The number of ether oxygens (including phenoxy) is 4. The van der Waals surface area contributed by atoms with E-state index in [1.165, 1.54) is 17.1 Å². The molecular weight excluding hydrogens is 817 g/mol. The normalized spacial score (nSPS) is 17.9. The number of aliphatic hydroxyl groups is 2. The summed E-state index contributed by atoms with van der Waals surface area (Å²) in [7, 11) is 0. The van der Waals surface area contributed by atoms with Gasteiger partial charge in [-0.1, -0.05) is 86.0 Å². The molecule has 14 heteroatoms. The second kappa shape index (κ2) is 22.6. The van der Waals surface area contributed by atoms with Crippen LogP contribution in [0.25, 0.3) is 0 Å². The fraction of sp³-hybridized carbons (Fsp3) is 0.360. The number of benzene rings is 4. The summed E-state index contributed by atoms with van der Waals surface area (Å²) in [6.07, 6.45) is 5.26. The van der Waals surface area contributed by atoms with Crippen LogP contribution in [-0.2, 0) is 22.7 Å². The number of nitrogens with zero attached hydrogens (tertiary/aromatic N) is 3. The number of anilines is 2. The van der Waals surface area contributed by atoms with Crippen molar-refractivity contribution in [3.8, 4) is 11.5 Å². The van der Waals surface area contributed by atoms with Crippen LogP contribution in [0.15, 0.2) is 110 Å². The summed E-state index contributed by atoms with van der Waals surface area (Å²) in [5.41, 5.74) is 4.84. The fourth-order valence-electron chi connectivity index (χ4n) is 8.09. The molecule has 3 aliphatic heterocycles. The van der Waals surface area contributed by atoms with E-state index in [0.29, 0.717) is 66.7 Å². The van der Waals surface area contributed by atoms with E-state index in [9.17, 15) is 29.4 Å².